The third-order valence-electron chi connectivity index (χ3n) is 2.62. The summed E-state index contributed by atoms with van der Waals surface area (Å²) < 4.78 is 0. The second-order valence-electron chi connectivity index (χ2n) is 3.75. The topological polar surface area (TPSA) is 25.8 Å². The molecule has 0 N–H and O–H groups in total. The van der Waals surface area contributed by atoms with Crippen molar-refractivity contribution in [3.05, 3.63) is 36.2 Å². The van der Waals surface area contributed by atoms with Crippen molar-refractivity contribution in [2.75, 3.05) is 0 Å². The van der Waals surface area contributed by atoms with Crippen molar-refractivity contribution in [3.63, 3.8) is 0 Å². The van der Waals surface area contributed by atoms with Crippen LogP contribution in [0.15, 0.2) is 30.5 Å². The fourth-order valence-corrected chi connectivity index (χ4v) is 1.70. The highest BCUT2D eigenvalue weighted by atomic mass is 79.9. The number of alkyl halides is 1. The molecule has 0 bridgehead atoms. The van der Waals surface area contributed by atoms with E-state index in [0.717, 1.165) is 16.7 Å². The van der Waals surface area contributed by atoms with Gasteiger partial charge in [0.25, 0.3) is 0 Å². The average molecular weight is 265 g/mol. The first-order valence-corrected chi connectivity index (χ1v) is 5.96. The standard InChI is InChI=1S/C12H13BrN2/c1-8(9(2)13)12-7-14-10-5-3-4-6-11(10)15-12/h3-9H,1-2H3. The Hall–Kier alpha value is -0.960. The van der Waals surface area contributed by atoms with E-state index in [9.17, 15) is 0 Å². The van der Waals surface area contributed by atoms with E-state index >= 15 is 0 Å². The molecule has 0 aliphatic carbocycles. The second-order valence-corrected chi connectivity index (χ2v) is 5.19. The summed E-state index contributed by atoms with van der Waals surface area (Å²) in [5.41, 5.74) is 2.96. The molecular weight excluding hydrogens is 252 g/mol. The average Bonchev–Trinajstić information content (AvgIpc) is 2.27. The first kappa shape index (κ1) is 10.6. The van der Waals surface area contributed by atoms with Crippen LogP contribution in [0, 0.1) is 0 Å². The molecule has 2 aromatic rings. The molecule has 0 saturated heterocycles. The van der Waals surface area contributed by atoms with Gasteiger partial charge in [0.05, 0.1) is 16.7 Å². The van der Waals surface area contributed by atoms with E-state index in [0.29, 0.717) is 10.7 Å². The van der Waals surface area contributed by atoms with Crippen molar-refractivity contribution < 1.29 is 0 Å². The van der Waals surface area contributed by atoms with Gasteiger partial charge in [-0.1, -0.05) is 41.9 Å². The van der Waals surface area contributed by atoms with Crippen LogP contribution in [-0.4, -0.2) is 14.8 Å². The monoisotopic (exact) mass is 264 g/mol. The van der Waals surface area contributed by atoms with Gasteiger partial charge in [0, 0.05) is 16.9 Å². The molecule has 78 valence electrons. The zero-order valence-electron chi connectivity index (χ0n) is 8.81. The number of fused-ring (bicyclic) bond motifs is 1. The highest BCUT2D eigenvalue weighted by Crippen LogP contribution is 2.23. The fourth-order valence-electron chi connectivity index (χ4n) is 1.43. The fraction of sp³-hybridized carbons (Fsp3) is 0.333. The molecule has 2 unspecified atom stereocenters. The van der Waals surface area contributed by atoms with Crippen LogP contribution in [0.4, 0.5) is 0 Å². The summed E-state index contributed by atoms with van der Waals surface area (Å²) in [6.45, 7) is 4.28. The van der Waals surface area contributed by atoms with Crippen LogP contribution in [0.3, 0.4) is 0 Å². The maximum Gasteiger partial charge on any atom is 0.0890 e. The Morgan fingerprint density at radius 2 is 1.80 bits per heavy atom. The van der Waals surface area contributed by atoms with Gasteiger partial charge in [-0.05, 0) is 12.1 Å². The number of hydrogen-bond acceptors (Lipinski definition) is 2. The number of hydrogen-bond donors (Lipinski definition) is 0. The van der Waals surface area contributed by atoms with Gasteiger partial charge in [0.1, 0.15) is 0 Å². The number of rotatable bonds is 2. The third-order valence-corrected chi connectivity index (χ3v) is 3.42. The molecule has 2 atom stereocenters. The van der Waals surface area contributed by atoms with Gasteiger partial charge >= 0.3 is 0 Å². The lowest BCUT2D eigenvalue weighted by Crippen LogP contribution is -2.07. The number of nitrogens with zero attached hydrogens (tertiary/aromatic N) is 2. The van der Waals surface area contributed by atoms with Crippen LogP contribution in [0.2, 0.25) is 0 Å². The summed E-state index contributed by atoms with van der Waals surface area (Å²) in [7, 11) is 0. The van der Waals surface area contributed by atoms with Crippen molar-refractivity contribution in [3.8, 4) is 0 Å². The molecule has 0 aliphatic rings. The lowest BCUT2D eigenvalue weighted by atomic mass is 10.1. The molecule has 0 radical (unpaired) electrons. The number of aromatic nitrogens is 2. The van der Waals surface area contributed by atoms with Gasteiger partial charge in [-0.3, -0.25) is 4.98 Å². The maximum atomic E-state index is 4.60. The van der Waals surface area contributed by atoms with Crippen LogP contribution in [0.1, 0.15) is 25.5 Å². The summed E-state index contributed by atoms with van der Waals surface area (Å²) >= 11 is 3.57. The SMILES string of the molecule is CC(Br)C(C)c1cnc2ccccc2n1. The van der Waals surface area contributed by atoms with Crippen molar-refractivity contribution in [2.45, 2.75) is 24.6 Å². The van der Waals surface area contributed by atoms with Crippen molar-refractivity contribution in [1.82, 2.24) is 9.97 Å². The summed E-state index contributed by atoms with van der Waals surface area (Å²) in [6, 6.07) is 7.95. The molecule has 1 aromatic carbocycles. The largest absolute Gasteiger partial charge is 0.253 e. The predicted octanol–water partition coefficient (Wildman–Crippen LogP) is 3.52. The predicted molar refractivity (Wildman–Crippen MR) is 66.3 cm³/mol. The molecule has 2 rings (SSSR count). The molecule has 0 saturated carbocycles. The van der Waals surface area contributed by atoms with Crippen LogP contribution in [0.5, 0.6) is 0 Å². The number of halogens is 1. The maximum absolute atomic E-state index is 4.60. The van der Waals surface area contributed by atoms with Gasteiger partial charge in [-0.15, -0.1) is 0 Å². The molecular formula is C12H13BrN2. The number of benzene rings is 1. The van der Waals surface area contributed by atoms with E-state index in [1.165, 1.54) is 0 Å². The van der Waals surface area contributed by atoms with Crippen molar-refractivity contribution in [2.24, 2.45) is 0 Å². The Morgan fingerprint density at radius 1 is 1.13 bits per heavy atom. The minimum absolute atomic E-state index is 0.377. The Labute approximate surface area is 97.9 Å². The van der Waals surface area contributed by atoms with Gasteiger partial charge in [0.15, 0.2) is 0 Å². The summed E-state index contributed by atoms with van der Waals surface area (Å²) in [6.07, 6.45) is 1.87. The van der Waals surface area contributed by atoms with E-state index in [-0.39, 0.29) is 0 Å². The zero-order valence-corrected chi connectivity index (χ0v) is 10.4. The van der Waals surface area contributed by atoms with Crippen molar-refractivity contribution in [1.29, 1.82) is 0 Å². The summed E-state index contributed by atoms with van der Waals surface area (Å²) in [5, 5.41) is 0. The van der Waals surface area contributed by atoms with Crippen LogP contribution < -0.4 is 0 Å². The molecule has 0 aliphatic heterocycles. The van der Waals surface area contributed by atoms with Gasteiger partial charge < -0.3 is 0 Å². The molecule has 0 spiro atoms. The highest BCUT2D eigenvalue weighted by molar-refractivity contribution is 9.09. The molecule has 3 heteroatoms. The quantitative estimate of drug-likeness (QED) is 0.776. The first-order valence-electron chi connectivity index (χ1n) is 5.04. The lowest BCUT2D eigenvalue weighted by Gasteiger charge is -2.13. The minimum Gasteiger partial charge on any atom is -0.253 e. The molecule has 1 heterocycles. The molecule has 0 amide bonds. The van der Waals surface area contributed by atoms with E-state index in [1.54, 1.807) is 0 Å². The minimum atomic E-state index is 0.377. The number of para-hydroxylation sites is 2. The Morgan fingerprint density at radius 3 is 2.47 bits per heavy atom. The summed E-state index contributed by atoms with van der Waals surface area (Å²) in [5.74, 6) is 0.377. The highest BCUT2D eigenvalue weighted by Gasteiger charge is 2.13. The van der Waals surface area contributed by atoms with Gasteiger partial charge in [0.2, 0.25) is 0 Å². The van der Waals surface area contributed by atoms with Crippen LogP contribution in [0.25, 0.3) is 11.0 Å². The Kier molecular flexibility index (Phi) is 3.00. The van der Waals surface area contributed by atoms with Gasteiger partial charge in [-0.25, -0.2) is 4.98 Å². The Bertz CT molecular complexity index is 468. The molecule has 1 aromatic heterocycles. The van der Waals surface area contributed by atoms with E-state index in [4.69, 9.17) is 0 Å². The Balaban J connectivity index is 2.47. The first-order chi connectivity index (χ1) is 7.18. The van der Waals surface area contributed by atoms with E-state index in [1.807, 2.05) is 30.5 Å². The smallest absolute Gasteiger partial charge is 0.0890 e. The van der Waals surface area contributed by atoms with Crippen LogP contribution in [-0.2, 0) is 0 Å². The molecule has 0 fully saturated rings. The lowest BCUT2D eigenvalue weighted by molar-refractivity contribution is 0.733. The normalized spacial score (nSPS) is 15.1. The zero-order chi connectivity index (χ0) is 10.8. The van der Waals surface area contributed by atoms with Crippen LogP contribution >= 0.6 is 15.9 Å². The molecule has 15 heavy (non-hydrogen) atoms. The van der Waals surface area contributed by atoms with E-state index in [2.05, 4.69) is 39.7 Å². The second kappa shape index (κ2) is 4.27. The van der Waals surface area contributed by atoms with Crippen molar-refractivity contribution >= 4 is 27.0 Å². The third kappa shape index (κ3) is 2.17. The van der Waals surface area contributed by atoms with Gasteiger partial charge in [-0.2, -0.15) is 0 Å². The summed E-state index contributed by atoms with van der Waals surface area (Å²) in [4.78, 5) is 9.42. The van der Waals surface area contributed by atoms with E-state index < -0.39 is 0 Å². The molecule has 2 nitrogen and oxygen atoms in total.